The van der Waals surface area contributed by atoms with Gasteiger partial charge in [0, 0.05) is 6.42 Å². The van der Waals surface area contributed by atoms with Gasteiger partial charge < -0.3 is 14.2 Å². The van der Waals surface area contributed by atoms with E-state index in [1.54, 1.807) is 0 Å². The molecule has 1 unspecified atom stereocenters. The Morgan fingerprint density at radius 3 is 1.70 bits per heavy atom. The molecule has 136 valence electrons. The zero-order chi connectivity index (χ0) is 18.5. The van der Waals surface area contributed by atoms with Crippen LogP contribution in [0.25, 0.3) is 0 Å². The van der Waals surface area contributed by atoms with E-state index in [4.69, 9.17) is 14.2 Å². The average molecular weight is 328 g/mol. The Labute approximate surface area is 142 Å². The van der Waals surface area contributed by atoms with Crippen molar-refractivity contribution in [1.82, 2.24) is 0 Å². The predicted octanol–water partition coefficient (Wildman–Crippen LogP) is 5.01. The number of carbonyl (C=O) groups is 1. The summed E-state index contributed by atoms with van der Waals surface area (Å²) in [5.74, 6) is 0.213. The van der Waals surface area contributed by atoms with Gasteiger partial charge in [0.2, 0.25) is 0 Å². The Morgan fingerprint density at radius 1 is 0.870 bits per heavy atom. The standard InChI is InChI=1S/C19H36O4/c1-11-14(21-17(2,3)4)12-15(22-18(5,6)7)13-16(20)23-19(8,9)10/h13-14H,11-12H2,1-10H3/b15-13+. The second-order valence-electron chi connectivity index (χ2n) is 8.82. The maximum atomic E-state index is 12.1. The highest BCUT2D eigenvalue weighted by atomic mass is 16.6. The molecule has 0 aliphatic carbocycles. The second kappa shape index (κ2) is 8.18. The van der Waals surface area contributed by atoms with Crippen molar-refractivity contribution >= 4 is 5.97 Å². The number of ether oxygens (including phenoxy) is 3. The minimum atomic E-state index is -0.521. The minimum absolute atomic E-state index is 0.00830. The number of carbonyl (C=O) groups excluding carboxylic acids is 1. The summed E-state index contributed by atoms with van der Waals surface area (Å²) >= 11 is 0. The van der Waals surface area contributed by atoms with Gasteiger partial charge in [0.1, 0.15) is 17.0 Å². The SMILES string of the molecule is CCC(C/C(=C\C(=O)OC(C)(C)C)OC(C)(C)C)OC(C)(C)C. The molecule has 0 bridgehead atoms. The fourth-order valence-corrected chi connectivity index (χ4v) is 1.98. The van der Waals surface area contributed by atoms with Crippen LogP contribution in [-0.2, 0) is 19.0 Å². The molecule has 1 atom stereocenters. The highest BCUT2D eigenvalue weighted by molar-refractivity contribution is 5.82. The van der Waals surface area contributed by atoms with Crippen molar-refractivity contribution < 1.29 is 19.0 Å². The molecule has 0 radical (unpaired) electrons. The third-order valence-corrected chi connectivity index (χ3v) is 2.53. The van der Waals surface area contributed by atoms with E-state index in [0.717, 1.165) is 6.42 Å². The summed E-state index contributed by atoms with van der Waals surface area (Å²) in [4.78, 5) is 12.1. The molecule has 0 aliphatic rings. The van der Waals surface area contributed by atoms with Gasteiger partial charge in [-0.3, -0.25) is 0 Å². The first-order valence-electron chi connectivity index (χ1n) is 8.41. The van der Waals surface area contributed by atoms with E-state index >= 15 is 0 Å². The Morgan fingerprint density at radius 2 is 1.35 bits per heavy atom. The lowest BCUT2D eigenvalue weighted by Gasteiger charge is -2.30. The first-order chi connectivity index (χ1) is 10.1. The van der Waals surface area contributed by atoms with Crippen molar-refractivity contribution in [2.45, 2.75) is 105 Å². The predicted molar refractivity (Wildman–Crippen MR) is 94.3 cm³/mol. The van der Waals surface area contributed by atoms with E-state index in [1.807, 2.05) is 62.3 Å². The molecule has 0 aliphatic heterocycles. The van der Waals surface area contributed by atoms with E-state index < -0.39 is 5.60 Å². The molecular formula is C19H36O4. The molecule has 0 aromatic rings. The summed E-state index contributed by atoms with van der Waals surface area (Å²) in [5, 5.41) is 0. The molecule has 0 spiro atoms. The number of rotatable bonds is 6. The highest BCUT2D eigenvalue weighted by Crippen LogP contribution is 2.23. The zero-order valence-electron chi connectivity index (χ0n) is 16.7. The lowest BCUT2D eigenvalue weighted by atomic mass is 10.1. The first kappa shape index (κ1) is 22.0. The summed E-state index contributed by atoms with van der Waals surface area (Å²) in [6, 6.07) is 0. The number of hydrogen-bond donors (Lipinski definition) is 0. The minimum Gasteiger partial charge on any atom is -0.492 e. The van der Waals surface area contributed by atoms with Crippen molar-refractivity contribution in [3.8, 4) is 0 Å². The summed E-state index contributed by atoms with van der Waals surface area (Å²) in [6.07, 6.45) is 2.83. The lowest BCUT2D eigenvalue weighted by Crippen LogP contribution is -2.29. The molecule has 4 nitrogen and oxygen atoms in total. The van der Waals surface area contributed by atoms with Gasteiger partial charge in [0.25, 0.3) is 0 Å². The summed E-state index contributed by atoms with van der Waals surface area (Å²) in [5.41, 5.74) is -1.14. The lowest BCUT2D eigenvalue weighted by molar-refractivity contribution is -0.148. The topological polar surface area (TPSA) is 44.8 Å². The molecule has 0 N–H and O–H groups in total. The van der Waals surface area contributed by atoms with E-state index in [-0.39, 0.29) is 23.3 Å². The third-order valence-electron chi connectivity index (χ3n) is 2.53. The van der Waals surface area contributed by atoms with Crippen molar-refractivity contribution in [3.05, 3.63) is 11.8 Å². The molecule has 0 amide bonds. The fraction of sp³-hybridized carbons (Fsp3) is 0.842. The molecule has 0 heterocycles. The van der Waals surface area contributed by atoms with Crippen molar-refractivity contribution in [3.63, 3.8) is 0 Å². The van der Waals surface area contributed by atoms with Crippen molar-refractivity contribution in [2.75, 3.05) is 0 Å². The summed E-state index contributed by atoms with van der Waals surface area (Å²) < 4.78 is 17.4. The Bertz CT molecular complexity index is 403. The maximum absolute atomic E-state index is 12.1. The third kappa shape index (κ3) is 13.1. The van der Waals surface area contributed by atoms with Crippen molar-refractivity contribution in [1.29, 1.82) is 0 Å². The van der Waals surface area contributed by atoms with Crippen LogP contribution in [-0.4, -0.2) is 28.9 Å². The van der Waals surface area contributed by atoms with Crippen LogP contribution in [0.2, 0.25) is 0 Å². The summed E-state index contributed by atoms with van der Waals surface area (Å²) in [6.45, 7) is 19.6. The van der Waals surface area contributed by atoms with Gasteiger partial charge in [-0.15, -0.1) is 0 Å². The highest BCUT2D eigenvalue weighted by Gasteiger charge is 2.23. The van der Waals surface area contributed by atoms with Crippen molar-refractivity contribution in [2.24, 2.45) is 0 Å². The normalized spacial score (nSPS) is 15.3. The van der Waals surface area contributed by atoms with Gasteiger partial charge in [-0.25, -0.2) is 4.79 Å². The fourth-order valence-electron chi connectivity index (χ4n) is 1.98. The quantitative estimate of drug-likeness (QED) is 0.390. The van der Waals surface area contributed by atoms with Crippen LogP contribution in [0.1, 0.15) is 82.1 Å². The summed E-state index contributed by atoms with van der Waals surface area (Å²) in [7, 11) is 0. The molecule has 4 heteroatoms. The van der Waals surface area contributed by atoms with Crippen LogP contribution in [0.3, 0.4) is 0 Å². The van der Waals surface area contributed by atoms with Gasteiger partial charge in [0.05, 0.1) is 17.8 Å². The van der Waals surface area contributed by atoms with Crippen LogP contribution in [0.15, 0.2) is 11.8 Å². The van der Waals surface area contributed by atoms with Crippen LogP contribution >= 0.6 is 0 Å². The molecule has 23 heavy (non-hydrogen) atoms. The smallest absolute Gasteiger partial charge is 0.334 e. The molecule has 0 saturated carbocycles. The van der Waals surface area contributed by atoms with E-state index in [0.29, 0.717) is 12.2 Å². The van der Waals surface area contributed by atoms with Crippen LogP contribution in [0.4, 0.5) is 0 Å². The first-order valence-corrected chi connectivity index (χ1v) is 8.41. The van der Waals surface area contributed by atoms with E-state index in [2.05, 4.69) is 6.92 Å². The number of esters is 1. The Hall–Kier alpha value is -1.03. The molecule has 0 aromatic heterocycles. The second-order valence-corrected chi connectivity index (χ2v) is 8.82. The molecule has 0 saturated heterocycles. The number of hydrogen-bond acceptors (Lipinski definition) is 4. The van der Waals surface area contributed by atoms with Gasteiger partial charge >= 0.3 is 5.97 Å². The zero-order valence-corrected chi connectivity index (χ0v) is 16.7. The van der Waals surface area contributed by atoms with Crippen LogP contribution < -0.4 is 0 Å². The van der Waals surface area contributed by atoms with Crippen LogP contribution in [0, 0.1) is 0 Å². The largest absolute Gasteiger partial charge is 0.492 e. The molecule has 0 fully saturated rings. The monoisotopic (exact) mass is 328 g/mol. The molecule has 0 aromatic carbocycles. The average Bonchev–Trinajstić information content (AvgIpc) is 2.20. The Kier molecular flexibility index (Phi) is 7.82. The van der Waals surface area contributed by atoms with Crippen LogP contribution in [0.5, 0.6) is 0 Å². The van der Waals surface area contributed by atoms with Gasteiger partial charge in [0.15, 0.2) is 0 Å². The van der Waals surface area contributed by atoms with Gasteiger partial charge in [-0.05, 0) is 68.7 Å². The molecular weight excluding hydrogens is 292 g/mol. The van der Waals surface area contributed by atoms with E-state index in [9.17, 15) is 4.79 Å². The van der Waals surface area contributed by atoms with Gasteiger partial charge in [-0.1, -0.05) is 6.92 Å². The Balaban J connectivity index is 5.17. The molecule has 0 rings (SSSR count). The van der Waals surface area contributed by atoms with Gasteiger partial charge in [-0.2, -0.15) is 0 Å². The van der Waals surface area contributed by atoms with E-state index in [1.165, 1.54) is 6.08 Å². The maximum Gasteiger partial charge on any atom is 0.334 e.